The van der Waals surface area contributed by atoms with Crippen molar-refractivity contribution in [3.63, 3.8) is 0 Å². The molecule has 5 heteroatoms. The minimum Gasteiger partial charge on any atom is -0.306 e. The van der Waals surface area contributed by atoms with Crippen molar-refractivity contribution in [2.45, 2.75) is 43.0 Å². The Hall–Kier alpha value is -1.43. The summed E-state index contributed by atoms with van der Waals surface area (Å²) < 4.78 is 30.8. The zero-order valence-electron chi connectivity index (χ0n) is 14.0. The summed E-state index contributed by atoms with van der Waals surface area (Å²) in [5, 5.41) is 0. The maximum Gasteiger partial charge on any atom is 0.295 e. The first-order chi connectivity index (χ1) is 10.8. The zero-order valence-corrected chi connectivity index (χ0v) is 14.8. The molecule has 0 aromatic heterocycles. The van der Waals surface area contributed by atoms with E-state index in [9.17, 15) is 8.42 Å². The van der Waals surface area contributed by atoms with Gasteiger partial charge in [-0.1, -0.05) is 56.7 Å². The minimum absolute atomic E-state index is 0.148. The van der Waals surface area contributed by atoms with Gasteiger partial charge in [0.15, 0.2) is 0 Å². The van der Waals surface area contributed by atoms with Gasteiger partial charge in [-0.2, -0.15) is 8.42 Å². The summed E-state index contributed by atoms with van der Waals surface area (Å²) in [7, 11) is 0.184. The third kappa shape index (κ3) is 5.94. The highest BCUT2D eigenvalue weighted by Crippen LogP contribution is 2.21. The van der Waals surface area contributed by atoms with Crippen LogP contribution in [0, 0.1) is 0 Å². The maximum atomic E-state index is 11.0. The molecular formula is C18H27NO3S. The van der Waals surface area contributed by atoms with E-state index in [-0.39, 0.29) is 4.90 Å². The predicted octanol–water partition coefficient (Wildman–Crippen LogP) is 4.10. The first kappa shape index (κ1) is 19.6. The summed E-state index contributed by atoms with van der Waals surface area (Å²) in [5.41, 5.74) is 0.986. The largest absolute Gasteiger partial charge is 0.306 e. The van der Waals surface area contributed by atoms with E-state index in [1.165, 1.54) is 56.4 Å². The summed E-state index contributed by atoms with van der Waals surface area (Å²) in [6, 6.07) is 5.43. The van der Waals surface area contributed by atoms with Crippen LogP contribution >= 0.6 is 0 Å². The van der Waals surface area contributed by atoms with Crippen LogP contribution in [-0.2, 0) is 10.1 Å². The third-order valence-corrected chi connectivity index (χ3v) is 5.02. The maximum absolute atomic E-state index is 11.0. The van der Waals surface area contributed by atoms with E-state index in [2.05, 4.69) is 32.2 Å². The van der Waals surface area contributed by atoms with Gasteiger partial charge >= 0.3 is 0 Å². The zero-order chi connectivity index (χ0) is 17.5. The van der Waals surface area contributed by atoms with Crippen LogP contribution in [0.3, 0.4) is 0 Å². The van der Waals surface area contributed by atoms with E-state index in [0.717, 1.165) is 6.04 Å². The van der Waals surface area contributed by atoms with Gasteiger partial charge in [0.2, 0.25) is 0 Å². The lowest BCUT2D eigenvalue weighted by molar-refractivity contribution is 0.229. The van der Waals surface area contributed by atoms with Crippen molar-refractivity contribution in [2.75, 3.05) is 14.1 Å². The average molecular weight is 337 g/mol. The number of rotatable bonds is 4. The lowest BCUT2D eigenvalue weighted by atomic mass is 9.95. The molecule has 0 unspecified atom stereocenters. The second kappa shape index (κ2) is 9.01. The predicted molar refractivity (Wildman–Crippen MR) is 97.0 cm³/mol. The Balaban J connectivity index is 0.000000253. The molecule has 1 aromatic rings. The van der Waals surface area contributed by atoms with E-state index >= 15 is 0 Å². The van der Waals surface area contributed by atoms with Crippen LogP contribution in [0.5, 0.6) is 0 Å². The van der Waals surface area contributed by atoms with E-state index in [1.807, 2.05) is 0 Å². The van der Waals surface area contributed by atoms with Gasteiger partial charge in [-0.25, -0.2) is 0 Å². The molecule has 2 rings (SSSR count). The quantitative estimate of drug-likeness (QED) is 0.840. The Labute approximate surface area is 140 Å². The molecule has 1 aliphatic rings. The molecule has 0 saturated heterocycles. The third-order valence-electron chi connectivity index (χ3n) is 4.11. The minimum atomic E-state index is -4.20. The van der Waals surface area contributed by atoms with Crippen molar-refractivity contribution in [3.8, 4) is 0 Å². The van der Waals surface area contributed by atoms with Crippen LogP contribution in [0.2, 0.25) is 0 Å². The molecule has 0 atom stereocenters. The van der Waals surface area contributed by atoms with Gasteiger partial charge in [0.1, 0.15) is 4.90 Å². The van der Waals surface area contributed by atoms with Gasteiger partial charge in [-0.3, -0.25) is 4.55 Å². The second-order valence-electron chi connectivity index (χ2n) is 5.90. The van der Waals surface area contributed by atoms with Crippen molar-refractivity contribution < 1.29 is 13.0 Å². The molecule has 0 bridgehead atoms. The van der Waals surface area contributed by atoms with Crippen LogP contribution in [-0.4, -0.2) is 38.0 Å². The van der Waals surface area contributed by atoms with Crippen LogP contribution < -0.4 is 0 Å². The van der Waals surface area contributed by atoms with Crippen molar-refractivity contribution in [2.24, 2.45) is 0 Å². The molecule has 1 fully saturated rings. The number of nitrogens with zero attached hydrogens (tertiary/aromatic N) is 1. The second-order valence-corrected chi connectivity index (χ2v) is 7.29. The molecule has 1 aromatic carbocycles. The summed E-state index contributed by atoms with van der Waals surface area (Å²) in [6.45, 7) is 7.03. The molecule has 1 N–H and O–H groups in total. The van der Waals surface area contributed by atoms with Crippen molar-refractivity contribution in [3.05, 3.63) is 42.5 Å². The molecule has 0 radical (unpaired) electrons. The van der Waals surface area contributed by atoms with Gasteiger partial charge < -0.3 is 4.90 Å². The fourth-order valence-electron chi connectivity index (χ4n) is 2.78. The Morgan fingerprint density at radius 2 is 1.74 bits per heavy atom. The molecular weight excluding hydrogens is 310 g/mol. The monoisotopic (exact) mass is 337 g/mol. The molecule has 0 aliphatic heterocycles. The molecule has 23 heavy (non-hydrogen) atoms. The molecule has 0 spiro atoms. The van der Waals surface area contributed by atoms with Crippen LogP contribution in [0.15, 0.2) is 36.3 Å². The van der Waals surface area contributed by atoms with Crippen LogP contribution in [0.4, 0.5) is 0 Å². The molecule has 1 saturated carbocycles. The Morgan fingerprint density at radius 1 is 1.13 bits per heavy atom. The molecule has 4 nitrogen and oxygen atoms in total. The van der Waals surface area contributed by atoms with Crippen molar-refractivity contribution >= 4 is 22.3 Å². The van der Waals surface area contributed by atoms with Gasteiger partial charge in [-0.15, -0.1) is 0 Å². The molecule has 128 valence electrons. The summed E-state index contributed by atoms with van der Waals surface area (Å²) in [6.07, 6.45) is 10.1. The van der Waals surface area contributed by atoms with Gasteiger partial charge in [-0.05, 0) is 38.6 Å². The standard InChI is InChI=1S/C10H10O3S.C8H17N/c1-3-8-6-5-7-10(9(8)4-2)14(11,12)13;1-9(2)8-6-4-3-5-7-8/h3-7H,1-2H2,(H,11,12,13);8H,3-7H2,1-2H3. The van der Waals surface area contributed by atoms with Gasteiger partial charge in [0, 0.05) is 11.6 Å². The highest BCUT2D eigenvalue weighted by Gasteiger charge is 2.15. The summed E-state index contributed by atoms with van der Waals surface area (Å²) in [5.74, 6) is 0. The SMILES string of the molecule is C=Cc1cccc(S(=O)(=O)O)c1C=C.CN(C)C1CCCCC1. The molecule has 1 aliphatic carbocycles. The summed E-state index contributed by atoms with van der Waals surface area (Å²) in [4.78, 5) is 2.21. The van der Waals surface area contributed by atoms with Crippen molar-refractivity contribution in [1.82, 2.24) is 4.90 Å². The van der Waals surface area contributed by atoms with E-state index in [1.54, 1.807) is 6.07 Å². The Morgan fingerprint density at radius 3 is 2.13 bits per heavy atom. The lowest BCUT2D eigenvalue weighted by Gasteiger charge is -2.27. The van der Waals surface area contributed by atoms with E-state index < -0.39 is 10.1 Å². The fraction of sp³-hybridized carbons (Fsp3) is 0.444. The lowest BCUT2D eigenvalue weighted by Crippen LogP contribution is -2.29. The highest BCUT2D eigenvalue weighted by atomic mass is 32.2. The normalized spacial score (nSPS) is 15.7. The average Bonchev–Trinajstić information content (AvgIpc) is 2.54. The first-order valence-electron chi connectivity index (χ1n) is 7.83. The van der Waals surface area contributed by atoms with Gasteiger partial charge in [0.05, 0.1) is 0 Å². The highest BCUT2D eigenvalue weighted by molar-refractivity contribution is 7.85. The number of benzene rings is 1. The Bertz CT molecular complexity index is 630. The van der Waals surface area contributed by atoms with Crippen LogP contribution in [0.1, 0.15) is 43.2 Å². The first-order valence-corrected chi connectivity index (χ1v) is 9.27. The fourth-order valence-corrected chi connectivity index (χ4v) is 3.51. The molecule has 0 amide bonds. The smallest absolute Gasteiger partial charge is 0.295 e. The topological polar surface area (TPSA) is 57.6 Å². The Kier molecular flexibility index (Phi) is 7.68. The van der Waals surface area contributed by atoms with E-state index in [0.29, 0.717) is 11.1 Å². The summed E-state index contributed by atoms with van der Waals surface area (Å²) >= 11 is 0. The number of hydrogen-bond donors (Lipinski definition) is 1. The molecule has 0 heterocycles. The number of hydrogen-bond acceptors (Lipinski definition) is 3. The van der Waals surface area contributed by atoms with Crippen molar-refractivity contribution in [1.29, 1.82) is 0 Å². The van der Waals surface area contributed by atoms with Crippen LogP contribution in [0.25, 0.3) is 12.2 Å². The van der Waals surface area contributed by atoms with Gasteiger partial charge in [0.25, 0.3) is 10.1 Å². The van der Waals surface area contributed by atoms with E-state index in [4.69, 9.17) is 4.55 Å².